The number of methoxy groups -OCH3 is 1. The van der Waals surface area contributed by atoms with Gasteiger partial charge in [0.05, 0.1) is 13.2 Å². The summed E-state index contributed by atoms with van der Waals surface area (Å²) < 4.78 is 10.6. The molecule has 0 bridgehead atoms. The van der Waals surface area contributed by atoms with Gasteiger partial charge in [-0.25, -0.2) is 0 Å². The lowest BCUT2D eigenvalue weighted by atomic mass is 10.1. The van der Waals surface area contributed by atoms with Crippen LogP contribution in [0.1, 0.15) is 30.3 Å². The van der Waals surface area contributed by atoms with Crippen LogP contribution in [0.15, 0.2) is 22.7 Å². The Bertz CT molecular complexity index is 653. The predicted molar refractivity (Wildman–Crippen MR) is 75.8 cm³/mol. The lowest BCUT2D eigenvalue weighted by molar-refractivity contribution is -0.119. The average Bonchev–Trinajstić information content (AvgIpc) is 3.16. The quantitative estimate of drug-likeness (QED) is 0.807. The first-order valence-electron chi connectivity index (χ1n) is 6.92. The van der Waals surface area contributed by atoms with Crippen LogP contribution in [0.4, 0.5) is 0 Å². The molecule has 0 radical (unpaired) electrons. The normalized spacial score (nSPS) is 18.0. The van der Waals surface area contributed by atoms with Crippen LogP contribution in [-0.4, -0.2) is 35.1 Å². The largest absolute Gasteiger partial charge is 0.497 e. The van der Waals surface area contributed by atoms with Gasteiger partial charge in [-0.15, -0.1) is 0 Å². The monoisotopic (exact) mass is 287 g/mol. The van der Waals surface area contributed by atoms with E-state index < -0.39 is 0 Å². The maximum atomic E-state index is 11.0. The van der Waals surface area contributed by atoms with Crippen LogP contribution in [0, 0.1) is 6.92 Å². The van der Waals surface area contributed by atoms with Crippen molar-refractivity contribution >= 4 is 6.41 Å². The predicted octanol–water partition coefficient (Wildman–Crippen LogP) is 2.35. The minimum atomic E-state index is -0.0779. The summed E-state index contributed by atoms with van der Waals surface area (Å²) in [6.07, 6.45) is 2.69. The zero-order chi connectivity index (χ0) is 14.8. The summed E-state index contributed by atoms with van der Waals surface area (Å²) in [6.45, 7) is 2.72. The third-order valence-corrected chi connectivity index (χ3v) is 3.84. The van der Waals surface area contributed by atoms with Crippen LogP contribution in [0.3, 0.4) is 0 Å². The molecule has 0 saturated carbocycles. The Labute approximate surface area is 122 Å². The van der Waals surface area contributed by atoms with Crippen molar-refractivity contribution in [2.75, 3.05) is 13.7 Å². The average molecular weight is 287 g/mol. The lowest BCUT2D eigenvalue weighted by Gasteiger charge is -2.15. The molecule has 1 aromatic carbocycles. The van der Waals surface area contributed by atoms with Crippen molar-refractivity contribution in [3.63, 3.8) is 0 Å². The number of aromatic nitrogens is 2. The molecule has 0 N–H and O–H groups in total. The van der Waals surface area contributed by atoms with Gasteiger partial charge in [0.2, 0.25) is 6.41 Å². The van der Waals surface area contributed by atoms with E-state index in [-0.39, 0.29) is 6.04 Å². The highest BCUT2D eigenvalue weighted by molar-refractivity contribution is 5.60. The van der Waals surface area contributed by atoms with E-state index in [1.807, 2.05) is 25.1 Å². The van der Waals surface area contributed by atoms with Gasteiger partial charge in [0.25, 0.3) is 5.89 Å². The summed E-state index contributed by atoms with van der Waals surface area (Å²) in [6, 6.07) is 5.64. The van der Waals surface area contributed by atoms with E-state index in [4.69, 9.17) is 9.26 Å². The van der Waals surface area contributed by atoms with Gasteiger partial charge >= 0.3 is 0 Å². The second-order valence-electron chi connectivity index (χ2n) is 5.14. The Hall–Kier alpha value is -2.37. The van der Waals surface area contributed by atoms with Gasteiger partial charge in [0.1, 0.15) is 5.75 Å². The van der Waals surface area contributed by atoms with Gasteiger partial charge in [0, 0.05) is 12.1 Å². The molecule has 1 aliphatic rings. The Morgan fingerprint density at radius 1 is 1.48 bits per heavy atom. The topological polar surface area (TPSA) is 68.5 Å². The number of benzene rings is 1. The summed E-state index contributed by atoms with van der Waals surface area (Å²) in [5.41, 5.74) is 1.88. The Morgan fingerprint density at radius 2 is 2.33 bits per heavy atom. The minimum Gasteiger partial charge on any atom is -0.497 e. The molecule has 110 valence electrons. The van der Waals surface area contributed by atoms with Gasteiger partial charge < -0.3 is 14.2 Å². The van der Waals surface area contributed by atoms with E-state index in [1.54, 1.807) is 12.0 Å². The summed E-state index contributed by atoms with van der Waals surface area (Å²) in [5.74, 6) is 1.77. The SMILES string of the molecule is COc1ccc(C)c(-c2nc([C@@H]3CCCN3C=O)no2)c1. The molecule has 1 atom stereocenters. The first-order chi connectivity index (χ1) is 10.2. The zero-order valence-electron chi connectivity index (χ0n) is 12.1. The molecule has 6 nitrogen and oxygen atoms in total. The molecule has 1 aliphatic heterocycles. The molecule has 2 aromatic rings. The fourth-order valence-electron chi connectivity index (χ4n) is 2.63. The number of hydrogen-bond acceptors (Lipinski definition) is 5. The van der Waals surface area contributed by atoms with Crippen molar-refractivity contribution in [2.24, 2.45) is 0 Å². The summed E-state index contributed by atoms with van der Waals surface area (Å²) >= 11 is 0. The van der Waals surface area contributed by atoms with Crippen LogP contribution < -0.4 is 4.74 Å². The third-order valence-electron chi connectivity index (χ3n) is 3.84. The van der Waals surface area contributed by atoms with E-state index in [1.165, 1.54) is 0 Å². The fourth-order valence-corrected chi connectivity index (χ4v) is 2.63. The maximum absolute atomic E-state index is 11.0. The molecule has 21 heavy (non-hydrogen) atoms. The van der Waals surface area contributed by atoms with E-state index in [9.17, 15) is 4.79 Å². The minimum absolute atomic E-state index is 0.0779. The van der Waals surface area contributed by atoms with Gasteiger partial charge in [0.15, 0.2) is 5.82 Å². The zero-order valence-corrected chi connectivity index (χ0v) is 12.1. The number of hydrogen-bond donors (Lipinski definition) is 0. The second kappa shape index (κ2) is 5.55. The van der Waals surface area contributed by atoms with Gasteiger partial charge in [-0.1, -0.05) is 11.2 Å². The summed E-state index contributed by atoms with van der Waals surface area (Å²) in [5, 5.41) is 4.04. The summed E-state index contributed by atoms with van der Waals surface area (Å²) in [4.78, 5) is 17.2. The van der Waals surface area contributed by atoms with Gasteiger partial charge in [-0.3, -0.25) is 4.79 Å². The molecule has 0 aliphatic carbocycles. The fraction of sp³-hybridized carbons (Fsp3) is 0.400. The van der Waals surface area contributed by atoms with Crippen LogP contribution in [0.2, 0.25) is 0 Å². The highest BCUT2D eigenvalue weighted by Crippen LogP contribution is 2.31. The van der Waals surface area contributed by atoms with Crippen LogP contribution in [0.25, 0.3) is 11.5 Å². The molecule has 0 unspecified atom stereocenters. The maximum Gasteiger partial charge on any atom is 0.258 e. The number of amides is 1. The number of likely N-dealkylation sites (tertiary alicyclic amines) is 1. The van der Waals surface area contributed by atoms with E-state index in [0.29, 0.717) is 11.7 Å². The molecule has 6 heteroatoms. The molecule has 1 aromatic heterocycles. The molecular weight excluding hydrogens is 270 g/mol. The van der Waals surface area contributed by atoms with Crippen molar-refractivity contribution in [3.8, 4) is 17.2 Å². The van der Waals surface area contributed by atoms with Crippen LogP contribution in [-0.2, 0) is 4.79 Å². The van der Waals surface area contributed by atoms with Crippen molar-refractivity contribution in [1.82, 2.24) is 15.0 Å². The standard InChI is InChI=1S/C15H17N3O3/c1-10-5-6-11(20-2)8-12(10)15-16-14(17-21-15)13-4-3-7-18(13)9-19/h5-6,8-9,13H,3-4,7H2,1-2H3/t13-/m0/s1. The number of nitrogens with zero attached hydrogens (tertiary/aromatic N) is 3. The first kappa shape index (κ1) is 13.6. The Morgan fingerprint density at radius 3 is 3.10 bits per heavy atom. The van der Waals surface area contributed by atoms with Crippen molar-refractivity contribution in [2.45, 2.75) is 25.8 Å². The molecule has 1 saturated heterocycles. The number of ether oxygens (including phenoxy) is 1. The highest BCUT2D eigenvalue weighted by Gasteiger charge is 2.29. The Balaban J connectivity index is 1.93. The van der Waals surface area contributed by atoms with Crippen molar-refractivity contribution in [3.05, 3.63) is 29.6 Å². The number of carbonyl (C=O) groups excluding carboxylic acids is 1. The third kappa shape index (κ3) is 2.49. The first-order valence-corrected chi connectivity index (χ1v) is 6.92. The number of rotatable bonds is 4. The van der Waals surface area contributed by atoms with Gasteiger partial charge in [-0.05, 0) is 37.5 Å². The van der Waals surface area contributed by atoms with Crippen LogP contribution >= 0.6 is 0 Å². The molecular formula is C15H17N3O3. The van der Waals surface area contributed by atoms with Crippen molar-refractivity contribution < 1.29 is 14.1 Å². The molecule has 1 amide bonds. The highest BCUT2D eigenvalue weighted by atomic mass is 16.5. The van der Waals surface area contributed by atoms with E-state index >= 15 is 0 Å². The van der Waals surface area contributed by atoms with E-state index in [2.05, 4.69) is 10.1 Å². The molecule has 1 fully saturated rings. The second-order valence-corrected chi connectivity index (χ2v) is 5.14. The molecule has 0 spiro atoms. The Kier molecular flexibility index (Phi) is 3.60. The smallest absolute Gasteiger partial charge is 0.258 e. The molecule has 3 rings (SSSR count). The van der Waals surface area contributed by atoms with Crippen molar-refractivity contribution in [1.29, 1.82) is 0 Å². The molecule has 2 heterocycles. The lowest BCUT2D eigenvalue weighted by Crippen LogP contribution is -2.21. The number of aryl methyl sites for hydroxylation is 1. The van der Waals surface area contributed by atoms with E-state index in [0.717, 1.165) is 42.7 Å². The summed E-state index contributed by atoms with van der Waals surface area (Å²) in [7, 11) is 1.62. The van der Waals surface area contributed by atoms with Crippen LogP contribution in [0.5, 0.6) is 5.75 Å². The van der Waals surface area contributed by atoms with Gasteiger partial charge in [-0.2, -0.15) is 4.98 Å². The number of carbonyl (C=O) groups is 1.